The van der Waals surface area contributed by atoms with Gasteiger partial charge in [0, 0.05) is 18.7 Å². The number of nitrogens with one attached hydrogen (secondary N) is 1. The molecule has 0 spiro atoms. The zero-order valence-corrected chi connectivity index (χ0v) is 17.8. The molecule has 5 nitrogen and oxygen atoms in total. The number of nitrogens with zero attached hydrogens (tertiary/aromatic N) is 1. The van der Waals surface area contributed by atoms with E-state index in [1.165, 1.54) is 5.56 Å². The molecule has 1 atom stereocenters. The van der Waals surface area contributed by atoms with E-state index in [0.717, 1.165) is 29.3 Å². The van der Waals surface area contributed by atoms with Gasteiger partial charge >= 0.3 is 0 Å². The maximum absolute atomic E-state index is 12.8. The van der Waals surface area contributed by atoms with Crippen LogP contribution in [0.15, 0.2) is 78.9 Å². The Bertz CT molecular complexity index is 1010. The molecule has 0 aliphatic carbocycles. The van der Waals surface area contributed by atoms with Gasteiger partial charge in [-0.15, -0.1) is 0 Å². The monoisotopic (exact) mass is 416 g/mol. The maximum Gasteiger partial charge on any atom is 0.222 e. The van der Waals surface area contributed by atoms with Crippen molar-refractivity contribution in [1.29, 1.82) is 0 Å². The van der Waals surface area contributed by atoms with Crippen LogP contribution in [0, 0.1) is 0 Å². The van der Waals surface area contributed by atoms with Crippen molar-refractivity contribution in [3.05, 3.63) is 90.0 Å². The first kappa shape index (κ1) is 20.8. The smallest absolute Gasteiger partial charge is 0.222 e. The fraction of sp³-hybridized carbons (Fsp3) is 0.269. The minimum atomic E-state index is -0.0442. The molecule has 31 heavy (non-hydrogen) atoms. The fourth-order valence-electron chi connectivity index (χ4n) is 3.88. The lowest BCUT2D eigenvalue weighted by Crippen LogP contribution is -2.45. The number of rotatable bonds is 8. The Kier molecular flexibility index (Phi) is 6.72. The number of fused-ring (bicyclic) bond motifs is 1. The van der Waals surface area contributed by atoms with E-state index in [2.05, 4.69) is 28.4 Å². The predicted molar refractivity (Wildman–Crippen MR) is 122 cm³/mol. The van der Waals surface area contributed by atoms with E-state index < -0.39 is 0 Å². The Morgan fingerprint density at radius 2 is 1.77 bits per heavy atom. The van der Waals surface area contributed by atoms with Gasteiger partial charge in [-0.25, -0.2) is 0 Å². The molecule has 0 unspecified atom stereocenters. The molecule has 1 amide bonds. The molecular weight excluding hydrogens is 388 g/mol. The van der Waals surface area contributed by atoms with Gasteiger partial charge in [-0.2, -0.15) is 0 Å². The van der Waals surface area contributed by atoms with Gasteiger partial charge in [0.2, 0.25) is 5.91 Å². The summed E-state index contributed by atoms with van der Waals surface area (Å²) in [6, 6.07) is 26.1. The zero-order chi connectivity index (χ0) is 21.5. The first-order chi connectivity index (χ1) is 15.2. The van der Waals surface area contributed by atoms with Crippen molar-refractivity contribution in [3.63, 3.8) is 0 Å². The summed E-state index contributed by atoms with van der Waals surface area (Å²) in [5.74, 6) is 1.67. The molecule has 0 saturated carbocycles. The number of ether oxygens (including phenoxy) is 2. The van der Waals surface area contributed by atoms with E-state index in [4.69, 9.17) is 9.47 Å². The number of para-hydroxylation sites is 3. The van der Waals surface area contributed by atoms with Crippen molar-refractivity contribution in [1.82, 2.24) is 5.32 Å². The van der Waals surface area contributed by atoms with Gasteiger partial charge in [-0.3, -0.25) is 4.79 Å². The highest BCUT2D eigenvalue weighted by molar-refractivity contribution is 5.78. The second-order valence-electron chi connectivity index (χ2n) is 7.57. The summed E-state index contributed by atoms with van der Waals surface area (Å²) in [6.45, 7) is 4.20. The van der Waals surface area contributed by atoms with E-state index >= 15 is 0 Å². The maximum atomic E-state index is 12.8. The molecule has 1 N–H and O–H groups in total. The van der Waals surface area contributed by atoms with Gasteiger partial charge in [0.05, 0.1) is 24.8 Å². The highest BCUT2D eigenvalue weighted by atomic mass is 16.5. The normalized spacial score (nSPS) is 15.0. The van der Waals surface area contributed by atoms with Crippen molar-refractivity contribution in [2.45, 2.75) is 32.5 Å². The van der Waals surface area contributed by atoms with E-state index in [-0.39, 0.29) is 11.9 Å². The summed E-state index contributed by atoms with van der Waals surface area (Å²) in [7, 11) is 0. The van der Waals surface area contributed by atoms with Gasteiger partial charge in [0.1, 0.15) is 18.1 Å². The summed E-state index contributed by atoms with van der Waals surface area (Å²) in [5.41, 5.74) is 3.21. The zero-order valence-electron chi connectivity index (χ0n) is 17.8. The quantitative estimate of drug-likeness (QED) is 0.585. The molecule has 3 aromatic rings. The highest BCUT2D eigenvalue weighted by Crippen LogP contribution is 2.35. The lowest BCUT2D eigenvalue weighted by atomic mass is 10.1. The molecule has 0 aromatic heterocycles. The van der Waals surface area contributed by atoms with Crippen LogP contribution in [0.25, 0.3) is 0 Å². The lowest BCUT2D eigenvalue weighted by Gasteiger charge is -2.38. The number of anilines is 1. The highest BCUT2D eigenvalue weighted by Gasteiger charge is 2.29. The van der Waals surface area contributed by atoms with Crippen molar-refractivity contribution < 1.29 is 14.3 Å². The fourth-order valence-corrected chi connectivity index (χ4v) is 3.88. The molecule has 1 aliphatic rings. The number of hydrogen-bond donors (Lipinski definition) is 1. The average molecular weight is 417 g/mol. The number of hydrogen-bond acceptors (Lipinski definition) is 4. The van der Waals surface area contributed by atoms with Gasteiger partial charge in [-0.05, 0) is 30.7 Å². The lowest BCUT2D eigenvalue weighted by molar-refractivity contribution is -0.121. The first-order valence-electron chi connectivity index (χ1n) is 10.7. The van der Waals surface area contributed by atoms with Crippen molar-refractivity contribution in [3.8, 4) is 11.5 Å². The summed E-state index contributed by atoms with van der Waals surface area (Å²) in [6.07, 6.45) is 0.359. The van der Waals surface area contributed by atoms with Crippen LogP contribution in [0.1, 0.15) is 24.5 Å². The van der Waals surface area contributed by atoms with Crippen LogP contribution in [0.2, 0.25) is 0 Å². The molecule has 0 fully saturated rings. The molecule has 4 rings (SSSR count). The molecule has 0 saturated heterocycles. The van der Waals surface area contributed by atoms with E-state index in [9.17, 15) is 4.79 Å². The van der Waals surface area contributed by atoms with Crippen molar-refractivity contribution in [2.75, 3.05) is 18.1 Å². The van der Waals surface area contributed by atoms with Crippen LogP contribution in [0.3, 0.4) is 0 Å². The van der Waals surface area contributed by atoms with Crippen LogP contribution in [-0.4, -0.2) is 25.2 Å². The van der Waals surface area contributed by atoms with Crippen LogP contribution in [0.4, 0.5) is 5.69 Å². The number of benzene rings is 3. The van der Waals surface area contributed by atoms with Crippen molar-refractivity contribution >= 4 is 11.6 Å². The SMILES string of the molecule is CCOc1ccccc1CNC(=O)C[C@H]1COc2ccccc2N1Cc1ccccc1. The Hall–Kier alpha value is -3.47. The Balaban J connectivity index is 1.45. The van der Waals surface area contributed by atoms with Gasteiger partial charge < -0.3 is 19.7 Å². The third-order valence-corrected chi connectivity index (χ3v) is 5.41. The van der Waals surface area contributed by atoms with Crippen LogP contribution < -0.4 is 19.7 Å². The van der Waals surface area contributed by atoms with E-state index in [1.807, 2.05) is 67.6 Å². The Labute approximate surface area is 183 Å². The van der Waals surface area contributed by atoms with Gasteiger partial charge in [-0.1, -0.05) is 60.7 Å². The predicted octanol–water partition coefficient (Wildman–Crippen LogP) is 4.56. The second-order valence-corrected chi connectivity index (χ2v) is 7.57. The Morgan fingerprint density at radius 3 is 2.61 bits per heavy atom. The summed E-state index contributed by atoms with van der Waals surface area (Å²) in [5, 5.41) is 3.05. The summed E-state index contributed by atoms with van der Waals surface area (Å²) in [4.78, 5) is 15.1. The van der Waals surface area contributed by atoms with Crippen molar-refractivity contribution in [2.24, 2.45) is 0 Å². The number of amides is 1. The van der Waals surface area contributed by atoms with Gasteiger partial charge in [0.15, 0.2) is 0 Å². The topological polar surface area (TPSA) is 50.8 Å². The minimum Gasteiger partial charge on any atom is -0.494 e. The molecule has 5 heteroatoms. The second kappa shape index (κ2) is 10.0. The third-order valence-electron chi connectivity index (χ3n) is 5.41. The molecule has 3 aromatic carbocycles. The standard InChI is InChI=1S/C26H28N2O3/c1-2-30-24-14-8-6-12-21(24)17-27-26(29)16-22-19-31-25-15-9-7-13-23(25)28(22)18-20-10-4-3-5-11-20/h3-15,22H,2,16-19H2,1H3,(H,27,29)/t22-/m0/s1. The van der Waals surface area contributed by atoms with E-state index in [1.54, 1.807) is 0 Å². The molecule has 160 valence electrons. The Morgan fingerprint density at radius 1 is 1.03 bits per heavy atom. The summed E-state index contributed by atoms with van der Waals surface area (Å²) < 4.78 is 11.6. The molecular formula is C26H28N2O3. The van der Waals surface area contributed by atoms with Gasteiger partial charge in [0.25, 0.3) is 0 Å². The molecule has 0 bridgehead atoms. The third kappa shape index (κ3) is 5.18. The molecule has 0 radical (unpaired) electrons. The number of carbonyl (C=O) groups is 1. The minimum absolute atomic E-state index is 0.00246. The van der Waals surface area contributed by atoms with Crippen LogP contribution in [0.5, 0.6) is 11.5 Å². The average Bonchev–Trinajstić information content (AvgIpc) is 2.81. The van der Waals surface area contributed by atoms with Crippen LogP contribution in [-0.2, 0) is 17.9 Å². The van der Waals surface area contributed by atoms with Crippen LogP contribution >= 0.6 is 0 Å². The summed E-state index contributed by atoms with van der Waals surface area (Å²) >= 11 is 0. The molecule has 1 heterocycles. The number of carbonyl (C=O) groups excluding carboxylic acids is 1. The van der Waals surface area contributed by atoms with E-state index in [0.29, 0.717) is 26.2 Å². The molecule has 1 aliphatic heterocycles. The first-order valence-corrected chi connectivity index (χ1v) is 10.7. The largest absolute Gasteiger partial charge is 0.494 e.